The van der Waals surface area contributed by atoms with Crippen LogP contribution in [0.15, 0.2) is 47.3 Å². The molecule has 0 bridgehead atoms. The Hall–Kier alpha value is -2.40. The normalized spacial score (nSPS) is 21.4. The zero-order valence-corrected chi connectivity index (χ0v) is 15.3. The lowest BCUT2D eigenvalue weighted by molar-refractivity contribution is 0.123. The van der Waals surface area contributed by atoms with Gasteiger partial charge in [-0.15, -0.1) is 0 Å². The lowest BCUT2D eigenvalue weighted by Crippen LogP contribution is -2.40. The van der Waals surface area contributed by atoms with Gasteiger partial charge in [-0.1, -0.05) is 18.2 Å². The zero-order valence-electron chi connectivity index (χ0n) is 15.3. The van der Waals surface area contributed by atoms with Crippen LogP contribution in [0.4, 0.5) is 4.39 Å². The van der Waals surface area contributed by atoms with Gasteiger partial charge in [0, 0.05) is 25.2 Å². The van der Waals surface area contributed by atoms with E-state index in [9.17, 15) is 9.18 Å². The Balaban J connectivity index is 1.37. The molecule has 1 aliphatic carbocycles. The number of para-hydroxylation sites is 2. The standard InChI is InChI=1S/C22H24FN3O/c23-16-8-9-18-15(14-16)4-3-7-20(18)25-12-10-17(11-13-25)26-21-6-2-1-5-19(21)24-22(26)27/h1-2,5-6,8-9,14,17,20H,3-4,7,10-13H2,(H,24,27). The highest BCUT2D eigenvalue weighted by molar-refractivity contribution is 5.75. The maximum Gasteiger partial charge on any atom is 0.326 e. The van der Waals surface area contributed by atoms with Gasteiger partial charge in [0.1, 0.15) is 5.82 Å². The number of halogens is 1. The molecule has 5 rings (SSSR count). The largest absolute Gasteiger partial charge is 0.326 e. The molecule has 1 aromatic heterocycles. The predicted octanol–water partition coefficient (Wildman–Crippen LogP) is 4.18. The van der Waals surface area contributed by atoms with Crippen LogP contribution in [0.3, 0.4) is 0 Å². The van der Waals surface area contributed by atoms with E-state index < -0.39 is 0 Å². The summed E-state index contributed by atoms with van der Waals surface area (Å²) in [4.78, 5) is 18.0. The number of H-pyrrole nitrogens is 1. The molecule has 2 aliphatic rings. The predicted molar refractivity (Wildman–Crippen MR) is 104 cm³/mol. The summed E-state index contributed by atoms with van der Waals surface area (Å²) >= 11 is 0. The second-order valence-corrected chi connectivity index (χ2v) is 7.84. The lowest BCUT2D eigenvalue weighted by Gasteiger charge is -2.40. The van der Waals surface area contributed by atoms with E-state index in [0.717, 1.165) is 56.2 Å². The average molecular weight is 365 g/mol. The summed E-state index contributed by atoms with van der Waals surface area (Å²) in [5.41, 5.74) is 4.37. The highest BCUT2D eigenvalue weighted by Crippen LogP contribution is 2.37. The minimum absolute atomic E-state index is 0.00635. The molecule has 2 aromatic carbocycles. The Morgan fingerprint density at radius 2 is 1.85 bits per heavy atom. The van der Waals surface area contributed by atoms with Crippen LogP contribution in [0.2, 0.25) is 0 Å². The van der Waals surface area contributed by atoms with Crippen molar-refractivity contribution in [2.75, 3.05) is 13.1 Å². The fourth-order valence-electron chi connectivity index (χ4n) is 5.03. The van der Waals surface area contributed by atoms with E-state index >= 15 is 0 Å². The Kier molecular flexibility index (Phi) is 4.12. The first-order chi connectivity index (χ1) is 13.2. The molecule has 1 aliphatic heterocycles. The number of aryl methyl sites for hydroxylation is 1. The molecule has 27 heavy (non-hydrogen) atoms. The van der Waals surface area contributed by atoms with Crippen molar-refractivity contribution < 1.29 is 4.39 Å². The van der Waals surface area contributed by atoms with Crippen LogP contribution in [-0.2, 0) is 6.42 Å². The summed E-state index contributed by atoms with van der Waals surface area (Å²) in [6.45, 7) is 1.94. The third-order valence-corrected chi connectivity index (χ3v) is 6.32. The number of likely N-dealkylation sites (tertiary alicyclic amines) is 1. The number of aromatic amines is 1. The second-order valence-electron chi connectivity index (χ2n) is 7.84. The highest BCUT2D eigenvalue weighted by Gasteiger charge is 2.30. The second kappa shape index (κ2) is 6.64. The fourth-order valence-corrected chi connectivity index (χ4v) is 5.03. The topological polar surface area (TPSA) is 41.0 Å². The van der Waals surface area contributed by atoms with Crippen molar-refractivity contribution in [3.8, 4) is 0 Å². The molecule has 1 saturated heterocycles. The summed E-state index contributed by atoms with van der Waals surface area (Å²) < 4.78 is 15.5. The molecule has 1 unspecified atom stereocenters. The fraction of sp³-hybridized carbons (Fsp3) is 0.409. The van der Waals surface area contributed by atoms with E-state index in [1.54, 1.807) is 12.1 Å². The molecule has 4 nitrogen and oxygen atoms in total. The number of benzene rings is 2. The first-order valence-corrected chi connectivity index (χ1v) is 9.92. The Bertz CT molecular complexity index is 1030. The van der Waals surface area contributed by atoms with Crippen molar-refractivity contribution in [3.63, 3.8) is 0 Å². The number of aromatic nitrogens is 2. The van der Waals surface area contributed by atoms with Crippen LogP contribution in [0.5, 0.6) is 0 Å². The van der Waals surface area contributed by atoms with Gasteiger partial charge in [-0.3, -0.25) is 9.47 Å². The van der Waals surface area contributed by atoms with Crippen LogP contribution >= 0.6 is 0 Å². The van der Waals surface area contributed by atoms with Gasteiger partial charge in [0.2, 0.25) is 0 Å². The Morgan fingerprint density at radius 3 is 2.70 bits per heavy atom. The number of piperidine rings is 1. The van der Waals surface area contributed by atoms with Crippen LogP contribution in [0, 0.1) is 5.82 Å². The molecule has 5 heteroatoms. The van der Waals surface area contributed by atoms with Crippen LogP contribution in [0.25, 0.3) is 11.0 Å². The summed E-state index contributed by atoms with van der Waals surface area (Å²) in [5, 5.41) is 0. The molecule has 1 N–H and O–H groups in total. The third-order valence-electron chi connectivity index (χ3n) is 6.32. The van der Waals surface area contributed by atoms with Gasteiger partial charge >= 0.3 is 5.69 Å². The summed E-state index contributed by atoms with van der Waals surface area (Å²) in [5.74, 6) is -0.133. The third kappa shape index (κ3) is 2.90. The number of hydrogen-bond acceptors (Lipinski definition) is 2. The van der Waals surface area contributed by atoms with Gasteiger partial charge in [-0.05, 0) is 67.5 Å². The van der Waals surface area contributed by atoms with Crippen molar-refractivity contribution in [2.24, 2.45) is 0 Å². The van der Waals surface area contributed by atoms with E-state index in [2.05, 4.69) is 9.88 Å². The first-order valence-electron chi connectivity index (χ1n) is 9.92. The quantitative estimate of drug-likeness (QED) is 0.740. The molecular formula is C22H24FN3O. The molecule has 0 amide bonds. The van der Waals surface area contributed by atoms with E-state index in [4.69, 9.17) is 0 Å². The first kappa shape index (κ1) is 16.8. The van der Waals surface area contributed by atoms with Crippen LogP contribution < -0.4 is 5.69 Å². The van der Waals surface area contributed by atoms with E-state index in [-0.39, 0.29) is 17.5 Å². The lowest BCUT2D eigenvalue weighted by atomic mass is 9.85. The van der Waals surface area contributed by atoms with Gasteiger partial charge in [0.15, 0.2) is 0 Å². The SMILES string of the molecule is O=c1[nH]c2ccccc2n1C1CCN(C2CCCc3cc(F)ccc32)CC1. The van der Waals surface area contributed by atoms with Crippen LogP contribution in [-0.4, -0.2) is 27.5 Å². The molecule has 0 saturated carbocycles. The van der Waals surface area contributed by atoms with Gasteiger partial charge < -0.3 is 4.98 Å². The van der Waals surface area contributed by atoms with Gasteiger partial charge in [-0.25, -0.2) is 9.18 Å². The summed E-state index contributed by atoms with van der Waals surface area (Å²) in [6, 6.07) is 13.8. The van der Waals surface area contributed by atoms with Crippen molar-refractivity contribution in [2.45, 2.75) is 44.2 Å². The van der Waals surface area contributed by atoms with Crippen molar-refractivity contribution in [3.05, 3.63) is 69.9 Å². The highest BCUT2D eigenvalue weighted by atomic mass is 19.1. The maximum atomic E-state index is 13.6. The number of nitrogens with zero attached hydrogens (tertiary/aromatic N) is 2. The molecule has 2 heterocycles. The van der Waals surface area contributed by atoms with Gasteiger partial charge in [-0.2, -0.15) is 0 Å². The number of nitrogens with one attached hydrogen (secondary N) is 1. The van der Waals surface area contributed by atoms with Crippen molar-refractivity contribution >= 4 is 11.0 Å². The van der Waals surface area contributed by atoms with Crippen molar-refractivity contribution in [1.82, 2.24) is 14.5 Å². The van der Waals surface area contributed by atoms with E-state index in [1.165, 1.54) is 11.1 Å². The number of rotatable bonds is 2. The summed E-state index contributed by atoms with van der Waals surface area (Å²) in [6.07, 6.45) is 5.16. The summed E-state index contributed by atoms with van der Waals surface area (Å²) in [7, 11) is 0. The molecule has 140 valence electrons. The molecule has 0 spiro atoms. The maximum absolute atomic E-state index is 13.6. The van der Waals surface area contributed by atoms with E-state index in [1.807, 2.05) is 34.9 Å². The smallest absolute Gasteiger partial charge is 0.306 e. The van der Waals surface area contributed by atoms with Gasteiger partial charge in [0.25, 0.3) is 0 Å². The molecular weight excluding hydrogens is 341 g/mol. The van der Waals surface area contributed by atoms with Gasteiger partial charge in [0.05, 0.1) is 11.0 Å². The molecule has 0 radical (unpaired) electrons. The van der Waals surface area contributed by atoms with Crippen molar-refractivity contribution in [1.29, 1.82) is 0 Å². The van der Waals surface area contributed by atoms with E-state index in [0.29, 0.717) is 6.04 Å². The zero-order chi connectivity index (χ0) is 18.4. The Labute approximate surface area is 157 Å². The molecule has 1 atom stereocenters. The Morgan fingerprint density at radius 1 is 1.04 bits per heavy atom. The average Bonchev–Trinajstić information content (AvgIpc) is 3.03. The molecule has 1 fully saturated rings. The molecule has 3 aromatic rings. The number of hydrogen-bond donors (Lipinski definition) is 1. The number of imidazole rings is 1. The minimum Gasteiger partial charge on any atom is -0.306 e. The van der Waals surface area contributed by atoms with Crippen LogP contribution in [0.1, 0.15) is 48.9 Å². The number of fused-ring (bicyclic) bond motifs is 2. The minimum atomic E-state index is -0.133. The monoisotopic (exact) mass is 365 g/mol.